The number of para-hydroxylation sites is 1. The Morgan fingerprint density at radius 3 is 2.67 bits per heavy atom. The number of benzene rings is 2. The van der Waals surface area contributed by atoms with Crippen LogP contribution in [-0.4, -0.2) is 25.6 Å². The third kappa shape index (κ3) is 7.02. The Bertz CT molecular complexity index is 784. The minimum atomic E-state index is -0.491. The molecule has 27 heavy (non-hydrogen) atoms. The van der Waals surface area contributed by atoms with E-state index in [9.17, 15) is 14.0 Å². The smallest absolute Gasteiger partial charge is 0.307 e. The van der Waals surface area contributed by atoms with Gasteiger partial charge in [0.2, 0.25) is 5.91 Å². The van der Waals surface area contributed by atoms with Gasteiger partial charge in [-0.15, -0.1) is 0 Å². The van der Waals surface area contributed by atoms with Crippen molar-refractivity contribution in [2.24, 2.45) is 0 Å². The van der Waals surface area contributed by atoms with Gasteiger partial charge < -0.3 is 14.8 Å². The van der Waals surface area contributed by atoms with E-state index in [1.165, 1.54) is 19.2 Å². The third-order valence-corrected chi connectivity index (χ3v) is 4.32. The predicted octanol–water partition coefficient (Wildman–Crippen LogP) is 4.17. The summed E-state index contributed by atoms with van der Waals surface area (Å²) in [6, 6.07) is 13.0. The van der Waals surface area contributed by atoms with Crippen LogP contribution in [0.1, 0.15) is 30.9 Å². The summed E-state index contributed by atoms with van der Waals surface area (Å²) in [5, 5.41) is 2.85. The Hall–Kier alpha value is -2.41. The highest BCUT2D eigenvalue weighted by Crippen LogP contribution is 2.22. The molecule has 5 nitrogen and oxygen atoms in total. The van der Waals surface area contributed by atoms with E-state index >= 15 is 0 Å². The lowest BCUT2D eigenvalue weighted by Gasteiger charge is -2.18. The molecule has 1 unspecified atom stereocenters. The highest BCUT2D eigenvalue weighted by molar-refractivity contribution is 9.10. The average Bonchev–Trinajstić information content (AvgIpc) is 2.66. The molecule has 0 fully saturated rings. The van der Waals surface area contributed by atoms with Gasteiger partial charge in [-0.1, -0.05) is 40.2 Å². The summed E-state index contributed by atoms with van der Waals surface area (Å²) in [7, 11) is 1.31. The molecule has 0 aliphatic heterocycles. The van der Waals surface area contributed by atoms with Crippen molar-refractivity contribution in [3.8, 4) is 5.75 Å². The molecule has 0 saturated carbocycles. The molecular weight excluding hydrogens is 417 g/mol. The van der Waals surface area contributed by atoms with E-state index in [-0.39, 0.29) is 31.1 Å². The van der Waals surface area contributed by atoms with Crippen molar-refractivity contribution in [1.29, 1.82) is 0 Å². The van der Waals surface area contributed by atoms with Crippen LogP contribution in [0.25, 0.3) is 0 Å². The van der Waals surface area contributed by atoms with Crippen molar-refractivity contribution in [2.75, 3.05) is 13.7 Å². The number of ether oxygens (including phenoxy) is 2. The third-order valence-electron chi connectivity index (χ3n) is 3.83. The van der Waals surface area contributed by atoms with Crippen LogP contribution in [0.4, 0.5) is 4.39 Å². The second-order valence-electron chi connectivity index (χ2n) is 5.84. The standard InChI is InChI=1S/C20H21BrFNO4/c1-26-20(25)13-17(14-6-4-7-15(21)12-14)23-19(24)10-5-11-27-18-9-3-2-8-16(18)22/h2-4,6-9,12,17H,5,10-11,13H2,1H3,(H,23,24). The Labute approximate surface area is 166 Å². The predicted molar refractivity (Wildman–Crippen MR) is 103 cm³/mol. The maximum absolute atomic E-state index is 13.5. The zero-order valence-electron chi connectivity index (χ0n) is 14.9. The lowest BCUT2D eigenvalue weighted by atomic mass is 10.0. The van der Waals surface area contributed by atoms with Crippen LogP contribution in [0.3, 0.4) is 0 Å². The SMILES string of the molecule is COC(=O)CC(NC(=O)CCCOc1ccccc1F)c1cccc(Br)c1. The summed E-state index contributed by atoms with van der Waals surface area (Å²) in [6.45, 7) is 0.215. The van der Waals surface area contributed by atoms with Crippen LogP contribution in [0.2, 0.25) is 0 Å². The first kappa shape index (κ1) is 20.9. The van der Waals surface area contributed by atoms with Gasteiger partial charge in [0.25, 0.3) is 0 Å². The van der Waals surface area contributed by atoms with Crippen LogP contribution in [0.5, 0.6) is 5.75 Å². The van der Waals surface area contributed by atoms with Crippen molar-refractivity contribution < 1.29 is 23.5 Å². The van der Waals surface area contributed by atoms with E-state index in [0.29, 0.717) is 6.42 Å². The maximum Gasteiger partial charge on any atom is 0.307 e. The zero-order chi connectivity index (χ0) is 19.6. The summed E-state index contributed by atoms with van der Waals surface area (Å²) in [5.74, 6) is -0.908. The minimum absolute atomic E-state index is 0.0322. The van der Waals surface area contributed by atoms with Crippen molar-refractivity contribution >= 4 is 27.8 Å². The number of esters is 1. The van der Waals surface area contributed by atoms with E-state index in [1.54, 1.807) is 12.1 Å². The van der Waals surface area contributed by atoms with E-state index in [4.69, 9.17) is 9.47 Å². The number of hydrogen-bond acceptors (Lipinski definition) is 4. The van der Waals surface area contributed by atoms with Gasteiger partial charge in [0, 0.05) is 10.9 Å². The first-order valence-corrected chi connectivity index (χ1v) is 9.28. The number of methoxy groups -OCH3 is 1. The van der Waals surface area contributed by atoms with Gasteiger partial charge >= 0.3 is 5.97 Å². The van der Waals surface area contributed by atoms with Gasteiger partial charge in [0.1, 0.15) is 0 Å². The Balaban J connectivity index is 1.87. The summed E-state index contributed by atoms with van der Waals surface area (Å²) in [5.41, 5.74) is 0.797. The molecule has 144 valence electrons. The monoisotopic (exact) mass is 437 g/mol. The van der Waals surface area contributed by atoms with Crippen molar-refractivity contribution in [2.45, 2.75) is 25.3 Å². The van der Waals surface area contributed by atoms with E-state index in [1.807, 2.05) is 24.3 Å². The molecule has 2 aromatic carbocycles. The highest BCUT2D eigenvalue weighted by atomic mass is 79.9. The highest BCUT2D eigenvalue weighted by Gasteiger charge is 2.19. The lowest BCUT2D eigenvalue weighted by molar-refractivity contribution is -0.141. The Kier molecular flexibility index (Phi) is 8.26. The van der Waals surface area contributed by atoms with Crippen LogP contribution < -0.4 is 10.1 Å². The van der Waals surface area contributed by atoms with Crippen LogP contribution in [0.15, 0.2) is 53.0 Å². The molecule has 1 atom stereocenters. The second-order valence-corrected chi connectivity index (χ2v) is 6.75. The Morgan fingerprint density at radius 2 is 1.96 bits per heavy atom. The van der Waals surface area contributed by atoms with Crippen LogP contribution >= 0.6 is 15.9 Å². The van der Waals surface area contributed by atoms with Crippen molar-refractivity contribution in [1.82, 2.24) is 5.32 Å². The van der Waals surface area contributed by atoms with Gasteiger partial charge in [0.05, 0.1) is 26.2 Å². The first-order valence-electron chi connectivity index (χ1n) is 8.48. The minimum Gasteiger partial charge on any atom is -0.491 e. The number of amides is 1. The molecule has 0 aromatic heterocycles. The lowest BCUT2D eigenvalue weighted by Crippen LogP contribution is -2.30. The van der Waals surface area contributed by atoms with Gasteiger partial charge in [-0.3, -0.25) is 9.59 Å². The fourth-order valence-electron chi connectivity index (χ4n) is 2.47. The molecule has 0 saturated heterocycles. The van der Waals surface area contributed by atoms with Crippen molar-refractivity contribution in [3.05, 3.63) is 64.4 Å². The Morgan fingerprint density at radius 1 is 1.19 bits per heavy atom. The summed E-state index contributed by atoms with van der Waals surface area (Å²) in [4.78, 5) is 23.9. The topological polar surface area (TPSA) is 64.6 Å². The van der Waals surface area contributed by atoms with Crippen molar-refractivity contribution in [3.63, 3.8) is 0 Å². The summed E-state index contributed by atoms with van der Waals surface area (Å²) < 4.78 is 24.4. The molecule has 0 aliphatic carbocycles. The van der Waals surface area contributed by atoms with Crippen LogP contribution in [0, 0.1) is 5.82 Å². The molecule has 2 rings (SSSR count). The largest absolute Gasteiger partial charge is 0.491 e. The molecular formula is C20H21BrFNO4. The first-order chi connectivity index (χ1) is 13.0. The molecule has 0 aliphatic rings. The molecule has 0 spiro atoms. The van der Waals surface area contributed by atoms with Gasteiger partial charge in [0.15, 0.2) is 11.6 Å². The summed E-state index contributed by atoms with van der Waals surface area (Å²) >= 11 is 3.38. The normalized spacial score (nSPS) is 11.5. The molecule has 2 aromatic rings. The number of hydrogen-bond donors (Lipinski definition) is 1. The summed E-state index contributed by atoms with van der Waals surface area (Å²) in [6.07, 6.45) is 0.647. The zero-order valence-corrected chi connectivity index (χ0v) is 16.5. The molecule has 1 amide bonds. The van der Waals surface area contributed by atoms with Gasteiger partial charge in [-0.2, -0.15) is 0 Å². The molecule has 1 N–H and O–H groups in total. The quantitative estimate of drug-likeness (QED) is 0.472. The molecule has 0 bridgehead atoms. The van der Waals surface area contributed by atoms with E-state index in [0.717, 1.165) is 10.0 Å². The fraction of sp³-hybridized carbons (Fsp3) is 0.300. The number of carbonyl (C=O) groups is 2. The van der Waals surface area contributed by atoms with E-state index in [2.05, 4.69) is 21.2 Å². The van der Waals surface area contributed by atoms with Gasteiger partial charge in [-0.05, 0) is 36.2 Å². The second kappa shape index (κ2) is 10.7. The molecule has 0 radical (unpaired) electrons. The molecule has 7 heteroatoms. The number of rotatable bonds is 9. The molecule has 0 heterocycles. The average molecular weight is 438 g/mol. The maximum atomic E-state index is 13.5. The van der Waals surface area contributed by atoms with Gasteiger partial charge in [-0.25, -0.2) is 4.39 Å². The fourth-order valence-corrected chi connectivity index (χ4v) is 2.89. The number of carbonyl (C=O) groups excluding carboxylic acids is 2. The van der Waals surface area contributed by atoms with Crippen LogP contribution in [-0.2, 0) is 14.3 Å². The number of nitrogens with one attached hydrogen (secondary N) is 1. The van der Waals surface area contributed by atoms with E-state index < -0.39 is 17.8 Å². The number of halogens is 2.